The number of amides is 7. The first-order valence-electron chi connectivity index (χ1n) is 12.6. The average molecular weight is 594 g/mol. The molecule has 0 aliphatic heterocycles. The molecule has 0 radical (unpaired) electrons. The molecule has 2 atom stereocenters. The molecule has 0 aromatic carbocycles. The summed E-state index contributed by atoms with van der Waals surface area (Å²) < 4.78 is 17.6. The summed E-state index contributed by atoms with van der Waals surface area (Å²) in [5, 5.41) is 14.5. The number of methoxy groups -OCH3 is 4. The molecule has 0 aliphatic carbocycles. The maximum atomic E-state index is 12.0. The zero-order valence-corrected chi connectivity index (χ0v) is 24.1. The van der Waals surface area contributed by atoms with Gasteiger partial charge in [-0.2, -0.15) is 0 Å². The van der Waals surface area contributed by atoms with E-state index in [1.54, 1.807) is 0 Å². The number of rotatable bonds is 16. The van der Waals surface area contributed by atoms with Gasteiger partial charge in [-0.15, -0.1) is 0 Å². The van der Waals surface area contributed by atoms with Gasteiger partial charge < -0.3 is 56.6 Å². The standard InChI is InChI=1S/C13H24N4O6.C10H19N3O5/c1-14-10(18)8-16-11(19)9(17-13(21)23-3)6-4-5-7-15-12(20)22-2;1-17-9(15)12-6-4-3-5-7(8(11)14)13-10(16)18-2/h9H,4-8H2,1-3H3,(H,14,18)(H,15,20)(H,16,19)(H,17,21);7H,3-6H2,1-2H3,(H2,11,14)(H,12,15)(H,13,16). The average Bonchev–Trinajstić information content (AvgIpc) is 2.97. The molecule has 0 aliphatic rings. The van der Waals surface area contributed by atoms with E-state index in [1.807, 2.05) is 0 Å². The highest BCUT2D eigenvalue weighted by molar-refractivity contribution is 5.89. The Kier molecular flexibility index (Phi) is 23.1. The van der Waals surface area contributed by atoms with E-state index < -0.39 is 48.3 Å². The summed E-state index contributed by atoms with van der Waals surface area (Å²) >= 11 is 0. The second kappa shape index (κ2) is 24.5. The number of likely N-dealkylation sites (N-methyl/N-ethyl adjacent to an activating group) is 1. The predicted molar refractivity (Wildman–Crippen MR) is 143 cm³/mol. The minimum atomic E-state index is -0.828. The fourth-order valence-electron chi connectivity index (χ4n) is 2.81. The van der Waals surface area contributed by atoms with E-state index in [4.69, 9.17) is 5.73 Å². The topological polar surface area (TPSA) is 255 Å². The van der Waals surface area contributed by atoms with Gasteiger partial charge in [-0.25, -0.2) is 19.2 Å². The summed E-state index contributed by atoms with van der Waals surface area (Å²) in [6, 6.07) is -1.60. The molecule has 0 saturated carbocycles. The maximum absolute atomic E-state index is 12.0. The molecule has 0 saturated heterocycles. The van der Waals surface area contributed by atoms with Gasteiger partial charge in [0.1, 0.15) is 12.1 Å². The number of alkyl carbamates (subject to hydrolysis) is 4. The Morgan fingerprint density at radius 2 is 1.02 bits per heavy atom. The number of primary amides is 1. The van der Waals surface area contributed by atoms with E-state index in [0.717, 1.165) is 0 Å². The van der Waals surface area contributed by atoms with E-state index in [9.17, 15) is 33.6 Å². The van der Waals surface area contributed by atoms with Crippen molar-refractivity contribution in [3.63, 3.8) is 0 Å². The number of unbranched alkanes of at least 4 members (excludes halogenated alkanes) is 2. The van der Waals surface area contributed by atoms with Crippen molar-refractivity contribution in [1.29, 1.82) is 0 Å². The highest BCUT2D eigenvalue weighted by Gasteiger charge is 2.21. The zero-order chi connectivity index (χ0) is 31.6. The highest BCUT2D eigenvalue weighted by atomic mass is 16.5. The third-order valence-electron chi connectivity index (χ3n) is 5.07. The van der Waals surface area contributed by atoms with Crippen molar-refractivity contribution in [3.05, 3.63) is 0 Å². The Balaban J connectivity index is 0. The van der Waals surface area contributed by atoms with Crippen LogP contribution in [0, 0.1) is 0 Å². The number of ether oxygens (including phenoxy) is 4. The number of carbonyl (C=O) groups is 7. The maximum Gasteiger partial charge on any atom is 0.407 e. The summed E-state index contributed by atoms with van der Waals surface area (Å²) in [5.41, 5.74) is 5.13. The fourth-order valence-corrected chi connectivity index (χ4v) is 2.81. The Hall–Kier alpha value is -4.51. The van der Waals surface area contributed by atoms with Crippen LogP contribution in [0.25, 0.3) is 0 Å². The Morgan fingerprint density at radius 1 is 0.610 bits per heavy atom. The molecule has 0 heterocycles. The van der Waals surface area contributed by atoms with Crippen LogP contribution in [0.2, 0.25) is 0 Å². The van der Waals surface area contributed by atoms with E-state index in [1.165, 1.54) is 35.5 Å². The lowest BCUT2D eigenvalue weighted by Crippen LogP contribution is -2.48. The van der Waals surface area contributed by atoms with Crippen LogP contribution in [0.4, 0.5) is 19.2 Å². The molecule has 0 aromatic rings. The van der Waals surface area contributed by atoms with Gasteiger partial charge in [-0.1, -0.05) is 0 Å². The summed E-state index contributed by atoms with van der Waals surface area (Å²) in [5.74, 6) is -1.46. The van der Waals surface area contributed by atoms with Gasteiger partial charge in [-0.05, 0) is 38.5 Å². The monoisotopic (exact) mass is 593 g/mol. The van der Waals surface area contributed by atoms with E-state index in [2.05, 4.69) is 50.8 Å². The largest absolute Gasteiger partial charge is 0.453 e. The second-order valence-corrected chi connectivity index (χ2v) is 8.00. The third-order valence-corrected chi connectivity index (χ3v) is 5.07. The molecule has 7 amide bonds. The van der Waals surface area contributed by atoms with Crippen LogP contribution in [0.3, 0.4) is 0 Å². The van der Waals surface area contributed by atoms with E-state index >= 15 is 0 Å². The molecule has 0 bridgehead atoms. The molecule has 0 rings (SSSR count). The zero-order valence-electron chi connectivity index (χ0n) is 24.1. The van der Waals surface area contributed by atoms with E-state index in [0.29, 0.717) is 51.6 Å². The number of hydrogen-bond acceptors (Lipinski definition) is 11. The molecule has 236 valence electrons. The minimum absolute atomic E-state index is 0.182. The van der Waals surface area contributed by atoms with Gasteiger partial charge in [0.05, 0.1) is 35.0 Å². The van der Waals surface area contributed by atoms with Crippen LogP contribution < -0.4 is 37.6 Å². The summed E-state index contributed by atoms with van der Waals surface area (Å²) in [6.07, 6.45) is 0.646. The first-order valence-corrected chi connectivity index (χ1v) is 12.6. The fraction of sp³-hybridized carbons (Fsp3) is 0.696. The quantitative estimate of drug-likeness (QED) is 0.0828. The van der Waals surface area contributed by atoms with Crippen LogP contribution in [0.15, 0.2) is 0 Å². The molecule has 2 unspecified atom stereocenters. The normalized spacial score (nSPS) is 11.0. The van der Waals surface area contributed by atoms with Gasteiger partial charge in [0.15, 0.2) is 0 Å². The molecule has 0 spiro atoms. The van der Waals surface area contributed by atoms with Crippen molar-refractivity contribution in [3.8, 4) is 0 Å². The van der Waals surface area contributed by atoms with Gasteiger partial charge in [0.2, 0.25) is 17.7 Å². The lowest BCUT2D eigenvalue weighted by Gasteiger charge is -2.17. The summed E-state index contributed by atoms with van der Waals surface area (Å²) in [4.78, 5) is 77.9. The molecule has 18 nitrogen and oxygen atoms in total. The lowest BCUT2D eigenvalue weighted by atomic mass is 10.1. The molecule has 41 heavy (non-hydrogen) atoms. The number of nitrogens with two attached hydrogens (primary N) is 1. The Labute approximate surface area is 238 Å². The van der Waals surface area contributed by atoms with Crippen molar-refractivity contribution < 1.29 is 52.5 Å². The number of hydrogen-bond donors (Lipinski definition) is 7. The van der Waals surface area contributed by atoms with Crippen molar-refractivity contribution >= 4 is 42.1 Å². The van der Waals surface area contributed by atoms with Crippen molar-refractivity contribution in [2.75, 3.05) is 55.1 Å². The van der Waals surface area contributed by atoms with Crippen molar-refractivity contribution in [2.45, 2.75) is 50.6 Å². The van der Waals surface area contributed by atoms with Crippen molar-refractivity contribution in [2.24, 2.45) is 5.73 Å². The minimum Gasteiger partial charge on any atom is -0.453 e. The molecular formula is C23H43N7O11. The molecular weight excluding hydrogens is 550 g/mol. The third kappa shape index (κ3) is 22.0. The summed E-state index contributed by atoms with van der Waals surface area (Å²) in [7, 11) is 6.39. The van der Waals surface area contributed by atoms with Gasteiger partial charge in [0, 0.05) is 20.1 Å². The first-order chi connectivity index (χ1) is 19.4. The van der Waals surface area contributed by atoms with Gasteiger partial charge in [-0.3, -0.25) is 14.4 Å². The predicted octanol–water partition coefficient (Wildman–Crippen LogP) is -1.18. The van der Waals surface area contributed by atoms with Crippen LogP contribution in [-0.2, 0) is 33.3 Å². The van der Waals surface area contributed by atoms with E-state index in [-0.39, 0.29) is 12.5 Å². The van der Waals surface area contributed by atoms with Gasteiger partial charge in [0.25, 0.3) is 0 Å². The first kappa shape index (κ1) is 38.6. The molecule has 0 fully saturated rings. The Bertz CT molecular complexity index is 843. The molecule has 0 aromatic heterocycles. The number of nitrogens with one attached hydrogen (secondary N) is 6. The molecule has 8 N–H and O–H groups in total. The van der Waals surface area contributed by atoms with Crippen LogP contribution in [0.5, 0.6) is 0 Å². The number of carbonyl (C=O) groups excluding carboxylic acids is 7. The summed E-state index contributed by atoms with van der Waals surface area (Å²) in [6.45, 7) is 0.631. The smallest absolute Gasteiger partial charge is 0.407 e. The second-order valence-electron chi connectivity index (χ2n) is 8.00. The van der Waals surface area contributed by atoms with Crippen LogP contribution in [-0.4, -0.2) is 109 Å². The lowest BCUT2D eigenvalue weighted by molar-refractivity contribution is -0.127. The Morgan fingerprint density at radius 3 is 1.41 bits per heavy atom. The SMILES string of the molecule is CNC(=O)CNC(=O)C(CCCCNC(=O)OC)NC(=O)OC.COC(=O)NCCCCC(NC(=O)OC)C(N)=O. The highest BCUT2D eigenvalue weighted by Crippen LogP contribution is 2.02. The van der Waals surface area contributed by atoms with Crippen molar-refractivity contribution in [1.82, 2.24) is 31.9 Å². The molecule has 18 heteroatoms. The van der Waals surface area contributed by atoms with Crippen LogP contribution >= 0.6 is 0 Å². The van der Waals surface area contributed by atoms with Crippen LogP contribution in [0.1, 0.15) is 38.5 Å². The van der Waals surface area contributed by atoms with Gasteiger partial charge >= 0.3 is 24.4 Å².